The van der Waals surface area contributed by atoms with Gasteiger partial charge in [-0.1, -0.05) is 30.3 Å². The number of pyridine rings is 1. The van der Waals surface area contributed by atoms with Crippen LogP contribution in [0.25, 0.3) is 10.9 Å². The van der Waals surface area contributed by atoms with Gasteiger partial charge >= 0.3 is 5.97 Å². The van der Waals surface area contributed by atoms with Gasteiger partial charge < -0.3 is 44.9 Å². The summed E-state index contributed by atoms with van der Waals surface area (Å²) in [4.78, 5) is 45.2. The molecule has 6 rings (SSSR count). The molecule has 0 bridgehead atoms. The number of carbonyl (C=O) groups excluding carboxylic acids is 1. The van der Waals surface area contributed by atoms with Gasteiger partial charge in [-0.3, -0.25) is 9.59 Å². The molecular weight excluding hydrogens is 729 g/mol. The minimum Gasteiger partial charge on any atom is -0.506 e. The number of hydrogen-bond donors (Lipinski definition) is 5. The predicted octanol–water partition coefficient (Wildman–Crippen LogP) is 5.31. The average Bonchev–Trinajstić information content (AvgIpc) is 3.92. The van der Waals surface area contributed by atoms with Crippen molar-refractivity contribution in [3.63, 3.8) is 0 Å². The highest BCUT2D eigenvalue weighted by molar-refractivity contribution is 7.12. The van der Waals surface area contributed by atoms with Crippen molar-refractivity contribution in [2.45, 2.75) is 56.1 Å². The van der Waals surface area contributed by atoms with Gasteiger partial charge in [-0.2, -0.15) is 0 Å². The zero-order chi connectivity index (χ0) is 38.2. The largest absolute Gasteiger partial charge is 0.506 e. The molecule has 286 valence electrons. The molecule has 0 radical (unpaired) electrons. The van der Waals surface area contributed by atoms with Crippen LogP contribution < -0.4 is 15.6 Å². The molecule has 14 heteroatoms. The molecule has 2 aromatic carbocycles. The van der Waals surface area contributed by atoms with Crippen LogP contribution in [0.2, 0.25) is 0 Å². The van der Waals surface area contributed by atoms with E-state index in [2.05, 4.69) is 22.2 Å². The van der Waals surface area contributed by atoms with Crippen molar-refractivity contribution < 1.29 is 34.4 Å². The van der Waals surface area contributed by atoms with Crippen LogP contribution in [0.4, 0.5) is 0 Å². The Morgan fingerprint density at radius 3 is 2.26 bits per heavy atom. The number of rotatable bonds is 17. The lowest BCUT2D eigenvalue weighted by atomic mass is 9.90. The molecule has 1 aliphatic rings. The van der Waals surface area contributed by atoms with Crippen molar-refractivity contribution in [3.8, 4) is 11.5 Å². The fourth-order valence-corrected chi connectivity index (χ4v) is 8.71. The molecule has 1 aliphatic carbocycles. The monoisotopic (exact) mass is 774 g/mol. The molecule has 3 aromatic heterocycles. The maximum Gasteiger partial charge on any atom is 0.347 e. The maximum absolute atomic E-state index is 12.9. The Morgan fingerprint density at radius 2 is 1.63 bits per heavy atom. The number of aromatic amines is 1. The summed E-state index contributed by atoms with van der Waals surface area (Å²) in [7, 11) is 3.84. The number of aromatic hydroxyl groups is 1. The number of hydrogen-bond acceptors (Lipinski definition) is 11. The van der Waals surface area contributed by atoms with Gasteiger partial charge in [0.05, 0.1) is 27.5 Å². The van der Waals surface area contributed by atoms with Crippen molar-refractivity contribution in [2.24, 2.45) is 0 Å². The molecule has 0 spiro atoms. The highest BCUT2D eigenvalue weighted by Gasteiger charge is 2.48. The first-order chi connectivity index (χ1) is 26.0. The molecule has 1 fully saturated rings. The summed E-state index contributed by atoms with van der Waals surface area (Å²) in [6, 6.07) is 21.1. The second-order valence-corrected chi connectivity index (χ2v) is 15.5. The second kappa shape index (κ2) is 17.7. The van der Waals surface area contributed by atoms with Crippen molar-refractivity contribution in [2.75, 3.05) is 40.3 Å². The standard InChI is InChI=1S/C40H46N4O8S2/c1-43(27-9-13-29(14-10-27)52-40(39(49)50,34-5-3-21-53-34)35-6-4-22-54-35)19-20-44(2)37(48)25-51-28-11-7-26(8-12-28)23-41-24-33(46)30-15-17-32(45)38-31(30)16-18-36(47)42-38/h3-8,11-12,15-18,21-22,27,29,33,41,45-46H,9-10,13-14,19-20,23-25H2,1-2H3,(H,42,47)(H,49,50)/t27?,29?,33-/m0/s1. The number of benzene rings is 2. The third kappa shape index (κ3) is 9.03. The highest BCUT2D eigenvalue weighted by atomic mass is 32.1. The predicted molar refractivity (Wildman–Crippen MR) is 209 cm³/mol. The van der Waals surface area contributed by atoms with Crippen molar-refractivity contribution >= 4 is 45.5 Å². The van der Waals surface area contributed by atoms with Gasteiger partial charge in [0.1, 0.15) is 11.5 Å². The number of carboxylic acids is 1. The summed E-state index contributed by atoms with van der Waals surface area (Å²) in [5.74, 6) is -0.603. The number of nitrogens with one attached hydrogen (secondary N) is 2. The van der Waals surface area contributed by atoms with E-state index in [1.54, 1.807) is 36.2 Å². The molecule has 0 unspecified atom stereocenters. The van der Waals surface area contributed by atoms with Crippen molar-refractivity contribution in [1.82, 2.24) is 20.1 Å². The number of carboxylic acid groups (broad SMARTS) is 1. The Kier molecular flexibility index (Phi) is 12.8. The van der Waals surface area contributed by atoms with E-state index in [4.69, 9.17) is 9.47 Å². The number of carbonyl (C=O) groups is 2. The first-order valence-electron chi connectivity index (χ1n) is 17.9. The van der Waals surface area contributed by atoms with Gasteiger partial charge in [-0.15, -0.1) is 22.7 Å². The Hall–Kier alpha value is -4.57. The number of fused-ring (bicyclic) bond motifs is 1. The first kappa shape index (κ1) is 39.1. The van der Waals surface area contributed by atoms with Crippen LogP contribution in [0.15, 0.2) is 88.4 Å². The number of aromatic nitrogens is 1. The van der Waals surface area contributed by atoms with Gasteiger partial charge in [0, 0.05) is 50.7 Å². The number of aliphatic hydroxyl groups is 1. The van der Waals surface area contributed by atoms with Gasteiger partial charge in [-0.25, -0.2) is 4.79 Å². The van der Waals surface area contributed by atoms with Crippen LogP contribution in [0, 0.1) is 0 Å². The lowest BCUT2D eigenvalue weighted by Crippen LogP contribution is -2.45. The molecular formula is C40H46N4O8S2. The molecule has 0 saturated heterocycles. The molecule has 1 atom stereocenters. The van der Waals surface area contributed by atoms with Crippen LogP contribution in [-0.2, 0) is 26.5 Å². The topological polar surface area (TPSA) is 165 Å². The van der Waals surface area contributed by atoms with Crippen LogP contribution in [-0.4, -0.2) is 94.5 Å². The van der Waals surface area contributed by atoms with Gasteiger partial charge in [0.2, 0.25) is 11.2 Å². The lowest BCUT2D eigenvalue weighted by molar-refractivity contribution is -0.170. The van der Waals surface area contributed by atoms with E-state index in [9.17, 15) is 29.7 Å². The van der Waals surface area contributed by atoms with Crippen LogP contribution in [0.3, 0.4) is 0 Å². The summed E-state index contributed by atoms with van der Waals surface area (Å²) in [5, 5.41) is 38.9. The summed E-state index contributed by atoms with van der Waals surface area (Å²) >= 11 is 2.80. The third-order valence-electron chi connectivity index (χ3n) is 10.1. The summed E-state index contributed by atoms with van der Waals surface area (Å²) in [6.45, 7) is 1.89. The van der Waals surface area contributed by atoms with Crippen molar-refractivity contribution in [3.05, 3.63) is 115 Å². The third-order valence-corrected chi connectivity index (χ3v) is 12.0. The van der Waals surface area contributed by atoms with E-state index >= 15 is 0 Å². The summed E-state index contributed by atoms with van der Waals surface area (Å²) < 4.78 is 12.3. The molecule has 1 saturated carbocycles. The van der Waals surface area contributed by atoms with Gasteiger partial charge in [0.25, 0.3) is 5.91 Å². The fraction of sp³-hybridized carbons (Fsp3) is 0.375. The van der Waals surface area contributed by atoms with E-state index < -0.39 is 17.7 Å². The van der Waals surface area contributed by atoms with Crippen LogP contribution in [0.1, 0.15) is 52.7 Å². The maximum atomic E-state index is 12.9. The minimum absolute atomic E-state index is 0.0560. The smallest absolute Gasteiger partial charge is 0.347 e. The number of phenols is 1. The SMILES string of the molecule is CN(CCN(C)C1CCC(OC(C(=O)O)(c2cccs2)c2cccs2)CC1)C(=O)COc1ccc(CNC[C@H](O)c2ccc(O)c3[nH]c(=O)ccc23)cc1. The van der Waals surface area contributed by atoms with Crippen LogP contribution >= 0.6 is 22.7 Å². The zero-order valence-electron chi connectivity index (χ0n) is 30.3. The highest BCUT2D eigenvalue weighted by Crippen LogP contribution is 2.42. The van der Waals surface area contributed by atoms with E-state index in [0.717, 1.165) is 31.2 Å². The Labute approximate surface area is 321 Å². The number of thiophene rings is 2. The molecule has 5 N–H and O–H groups in total. The number of phenolic OH excluding ortho intramolecular Hbond substituents is 1. The van der Waals surface area contributed by atoms with E-state index in [1.165, 1.54) is 34.8 Å². The average molecular weight is 775 g/mol. The van der Waals surface area contributed by atoms with E-state index in [0.29, 0.717) is 57.6 Å². The lowest BCUT2D eigenvalue weighted by Gasteiger charge is -2.38. The van der Waals surface area contributed by atoms with E-state index in [1.807, 2.05) is 47.2 Å². The van der Waals surface area contributed by atoms with Gasteiger partial charge in [0.15, 0.2) is 6.61 Å². The number of likely N-dealkylation sites (N-methyl/N-ethyl adjacent to an activating group) is 2. The normalized spacial score (nSPS) is 16.7. The fourth-order valence-electron chi connectivity index (χ4n) is 6.90. The zero-order valence-corrected chi connectivity index (χ0v) is 31.9. The van der Waals surface area contributed by atoms with Gasteiger partial charge in [-0.05, 0) is 91.0 Å². The quantitative estimate of drug-likeness (QED) is 0.0837. The molecule has 1 amide bonds. The molecule has 5 aromatic rings. The first-order valence-corrected chi connectivity index (χ1v) is 19.7. The summed E-state index contributed by atoms with van der Waals surface area (Å²) in [6.07, 6.45) is 2.21. The molecule has 3 heterocycles. The molecule has 54 heavy (non-hydrogen) atoms. The minimum atomic E-state index is -1.50. The number of nitrogens with zero attached hydrogens (tertiary/aromatic N) is 2. The number of aliphatic hydroxyl groups excluding tert-OH is 1. The number of aliphatic carboxylic acids is 1. The molecule has 12 nitrogen and oxygen atoms in total. The summed E-state index contributed by atoms with van der Waals surface area (Å²) in [5.41, 5.74) is 0.0154. The Bertz CT molecular complexity index is 2010. The number of ether oxygens (including phenoxy) is 2. The Balaban J connectivity index is 0.905. The van der Waals surface area contributed by atoms with Crippen molar-refractivity contribution in [1.29, 1.82) is 0 Å². The molecule has 0 aliphatic heterocycles. The van der Waals surface area contributed by atoms with E-state index in [-0.39, 0.29) is 36.5 Å². The second-order valence-electron chi connectivity index (χ2n) is 13.6. The van der Waals surface area contributed by atoms with Crippen LogP contribution in [0.5, 0.6) is 11.5 Å². The number of H-pyrrole nitrogens is 1. The Morgan fingerprint density at radius 1 is 0.944 bits per heavy atom. The number of amides is 1.